The van der Waals surface area contributed by atoms with Crippen LogP contribution < -0.4 is 10.6 Å². The Morgan fingerprint density at radius 3 is 2.77 bits per heavy atom. The van der Waals surface area contributed by atoms with Crippen molar-refractivity contribution in [2.24, 2.45) is 4.99 Å². The van der Waals surface area contributed by atoms with Crippen LogP contribution in [-0.4, -0.2) is 51.8 Å². The predicted octanol–water partition coefficient (Wildman–Crippen LogP) is 3.37. The van der Waals surface area contributed by atoms with Gasteiger partial charge in [0.2, 0.25) is 0 Å². The standard InChI is InChI=1S/C22H29N7O.HI/c1-2-23-22(25-16-18-8-10-24-21(15-18)29-13-6-9-27-29)26-17-19(20-7-5-14-30-20)28-11-3-4-12-28;/h5-10,13-15,19H,2-4,11-12,16-17H2,1H3,(H2,23,25,26);1H. The third-order valence-electron chi connectivity index (χ3n) is 5.23. The Labute approximate surface area is 200 Å². The molecule has 0 amide bonds. The van der Waals surface area contributed by atoms with Gasteiger partial charge in [0.05, 0.1) is 18.8 Å². The first kappa shape index (κ1) is 23.3. The SMILES string of the molecule is CCNC(=NCc1ccnc(-n2cccn2)c1)NCC(c1ccco1)N1CCCC1.I. The Bertz CT molecular complexity index is 921. The molecule has 1 aliphatic rings. The fraction of sp³-hybridized carbons (Fsp3) is 0.409. The van der Waals surface area contributed by atoms with E-state index in [-0.39, 0.29) is 30.0 Å². The first-order chi connectivity index (χ1) is 14.8. The normalized spacial score (nSPS) is 15.5. The Balaban J connectivity index is 0.00000272. The number of guanidine groups is 1. The number of aromatic nitrogens is 3. The molecule has 1 atom stereocenters. The van der Waals surface area contributed by atoms with E-state index in [0.29, 0.717) is 6.54 Å². The third-order valence-corrected chi connectivity index (χ3v) is 5.23. The number of nitrogens with zero attached hydrogens (tertiary/aromatic N) is 5. The average Bonchev–Trinajstić information content (AvgIpc) is 3.56. The van der Waals surface area contributed by atoms with E-state index < -0.39 is 0 Å². The lowest BCUT2D eigenvalue weighted by molar-refractivity contribution is 0.215. The molecule has 9 heteroatoms. The van der Waals surface area contributed by atoms with E-state index in [0.717, 1.165) is 49.3 Å². The van der Waals surface area contributed by atoms with Crippen LogP contribution in [0.5, 0.6) is 0 Å². The van der Waals surface area contributed by atoms with Crippen molar-refractivity contribution < 1.29 is 4.42 Å². The van der Waals surface area contributed by atoms with Gasteiger partial charge in [0, 0.05) is 31.7 Å². The van der Waals surface area contributed by atoms with E-state index in [9.17, 15) is 0 Å². The first-order valence-electron chi connectivity index (χ1n) is 10.6. The zero-order chi connectivity index (χ0) is 20.6. The van der Waals surface area contributed by atoms with Crippen LogP contribution in [0.2, 0.25) is 0 Å². The number of furan rings is 1. The van der Waals surface area contributed by atoms with E-state index in [1.54, 1.807) is 23.3 Å². The van der Waals surface area contributed by atoms with Gasteiger partial charge in [-0.2, -0.15) is 5.10 Å². The highest BCUT2D eigenvalue weighted by molar-refractivity contribution is 14.0. The highest BCUT2D eigenvalue weighted by Gasteiger charge is 2.25. The van der Waals surface area contributed by atoms with Crippen LogP contribution in [0, 0.1) is 0 Å². The maximum absolute atomic E-state index is 5.72. The Hall–Kier alpha value is -2.40. The smallest absolute Gasteiger partial charge is 0.191 e. The predicted molar refractivity (Wildman–Crippen MR) is 132 cm³/mol. The molecule has 1 fully saturated rings. The maximum Gasteiger partial charge on any atom is 0.191 e. The number of hydrogen-bond acceptors (Lipinski definition) is 5. The maximum atomic E-state index is 5.72. The highest BCUT2D eigenvalue weighted by atomic mass is 127. The number of likely N-dealkylation sites (tertiary alicyclic amines) is 1. The fourth-order valence-corrected chi connectivity index (χ4v) is 3.74. The van der Waals surface area contributed by atoms with Gasteiger partial charge in [-0.05, 0) is 68.8 Å². The van der Waals surface area contributed by atoms with Crippen molar-refractivity contribution in [3.8, 4) is 5.82 Å². The molecule has 1 unspecified atom stereocenters. The fourth-order valence-electron chi connectivity index (χ4n) is 3.74. The quantitative estimate of drug-likeness (QED) is 0.262. The summed E-state index contributed by atoms with van der Waals surface area (Å²) in [4.78, 5) is 11.6. The van der Waals surface area contributed by atoms with E-state index >= 15 is 0 Å². The van der Waals surface area contributed by atoms with Gasteiger partial charge in [0.25, 0.3) is 0 Å². The van der Waals surface area contributed by atoms with Gasteiger partial charge in [-0.3, -0.25) is 4.90 Å². The minimum atomic E-state index is 0. The highest BCUT2D eigenvalue weighted by Crippen LogP contribution is 2.24. The lowest BCUT2D eigenvalue weighted by Gasteiger charge is -2.26. The molecule has 3 aromatic heterocycles. The summed E-state index contributed by atoms with van der Waals surface area (Å²) in [7, 11) is 0. The molecule has 0 radical (unpaired) electrons. The van der Waals surface area contributed by atoms with Crippen molar-refractivity contribution in [1.29, 1.82) is 0 Å². The topological polar surface area (TPSA) is 83.5 Å². The summed E-state index contributed by atoms with van der Waals surface area (Å²) in [5.74, 6) is 2.58. The van der Waals surface area contributed by atoms with Gasteiger partial charge in [-0.1, -0.05) is 0 Å². The molecule has 0 aromatic carbocycles. The second-order valence-electron chi connectivity index (χ2n) is 7.32. The Morgan fingerprint density at radius 1 is 1.19 bits per heavy atom. The van der Waals surface area contributed by atoms with Crippen LogP contribution in [0.1, 0.15) is 37.1 Å². The molecular formula is C22H30IN7O. The van der Waals surface area contributed by atoms with E-state index in [2.05, 4.69) is 38.6 Å². The first-order valence-corrected chi connectivity index (χ1v) is 10.6. The van der Waals surface area contributed by atoms with Crippen LogP contribution in [0.25, 0.3) is 5.82 Å². The van der Waals surface area contributed by atoms with Gasteiger partial charge in [-0.25, -0.2) is 14.7 Å². The van der Waals surface area contributed by atoms with Crippen molar-refractivity contribution in [3.05, 3.63) is 66.5 Å². The third kappa shape index (κ3) is 6.30. The Kier molecular flexibility index (Phi) is 8.89. The van der Waals surface area contributed by atoms with Crippen LogP contribution in [-0.2, 0) is 6.54 Å². The molecule has 3 aromatic rings. The van der Waals surface area contributed by atoms with Gasteiger partial charge in [0.15, 0.2) is 11.8 Å². The van der Waals surface area contributed by atoms with Gasteiger partial charge >= 0.3 is 0 Å². The molecule has 31 heavy (non-hydrogen) atoms. The zero-order valence-electron chi connectivity index (χ0n) is 17.8. The van der Waals surface area contributed by atoms with Crippen molar-refractivity contribution in [1.82, 2.24) is 30.3 Å². The molecule has 2 N–H and O–H groups in total. The van der Waals surface area contributed by atoms with Gasteiger partial charge in [-0.15, -0.1) is 24.0 Å². The second kappa shape index (κ2) is 11.8. The number of pyridine rings is 1. The van der Waals surface area contributed by atoms with Crippen molar-refractivity contribution in [2.45, 2.75) is 32.4 Å². The zero-order valence-corrected chi connectivity index (χ0v) is 20.1. The van der Waals surface area contributed by atoms with Crippen molar-refractivity contribution in [2.75, 3.05) is 26.2 Å². The summed E-state index contributed by atoms with van der Waals surface area (Å²) in [6.07, 6.45) is 9.66. The molecule has 1 aliphatic heterocycles. The number of aliphatic imine (C=N–C) groups is 1. The van der Waals surface area contributed by atoms with Gasteiger partial charge < -0.3 is 15.1 Å². The van der Waals surface area contributed by atoms with E-state index in [1.165, 1.54) is 12.8 Å². The molecule has 166 valence electrons. The van der Waals surface area contributed by atoms with Crippen LogP contribution >= 0.6 is 24.0 Å². The minimum absolute atomic E-state index is 0. The second-order valence-corrected chi connectivity index (χ2v) is 7.32. The summed E-state index contributed by atoms with van der Waals surface area (Å²) in [6.45, 7) is 6.39. The molecule has 0 bridgehead atoms. The largest absolute Gasteiger partial charge is 0.468 e. The van der Waals surface area contributed by atoms with Crippen LogP contribution in [0.4, 0.5) is 0 Å². The van der Waals surface area contributed by atoms with Crippen LogP contribution in [0.3, 0.4) is 0 Å². The van der Waals surface area contributed by atoms with Gasteiger partial charge in [0.1, 0.15) is 5.76 Å². The number of rotatable bonds is 8. The van der Waals surface area contributed by atoms with E-state index in [4.69, 9.17) is 9.41 Å². The molecule has 4 rings (SSSR count). The summed E-state index contributed by atoms with van der Waals surface area (Å²) >= 11 is 0. The summed E-state index contributed by atoms with van der Waals surface area (Å²) in [5.41, 5.74) is 1.08. The number of hydrogen-bond donors (Lipinski definition) is 2. The molecule has 0 aliphatic carbocycles. The lowest BCUT2D eigenvalue weighted by atomic mass is 10.2. The molecule has 4 heterocycles. The van der Waals surface area contributed by atoms with Crippen molar-refractivity contribution in [3.63, 3.8) is 0 Å². The molecular weight excluding hydrogens is 505 g/mol. The van der Waals surface area contributed by atoms with Crippen LogP contribution in [0.15, 0.2) is 64.6 Å². The molecule has 8 nitrogen and oxygen atoms in total. The molecule has 0 saturated carbocycles. The molecule has 0 spiro atoms. The lowest BCUT2D eigenvalue weighted by Crippen LogP contribution is -2.42. The summed E-state index contributed by atoms with van der Waals surface area (Å²) < 4.78 is 7.47. The van der Waals surface area contributed by atoms with E-state index in [1.807, 2.05) is 30.5 Å². The summed E-state index contributed by atoms with van der Waals surface area (Å²) in [5, 5.41) is 11.1. The number of halogens is 1. The summed E-state index contributed by atoms with van der Waals surface area (Å²) in [6, 6.07) is 10.1. The monoisotopic (exact) mass is 535 g/mol. The minimum Gasteiger partial charge on any atom is -0.468 e. The Morgan fingerprint density at radius 2 is 2.06 bits per heavy atom. The average molecular weight is 535 g/mol. The number of nitrogens with one attached hydrogen (secondary N) is 2. The van der Waals surface area contributed by atoms with Crippen molar-refractivity contribution >= 4 is 29.9 Å². The molecule has 1 saturated heterocycles.